The molecular formula is C20H24N4O5. The number of primary amides is 1. The van der Waals surface area contributed by atoms with Gasteiger partial charge in [-0.1, -0.05) is 12.1 Å². The van der Waals surface area contributed by atoms with Gasteiger partial charge in [0.2, 0.25) is 5.91 Å². The number of fused-ring (bicyclic) bond motifs is 1. The van der Waals surface area contributed by atoms with Gasteiger partial charge in [-0.15, -0.1) is 0 Å². The summed E-state index contributed by atoms with van der Waals surface area (Å²) in [7, 11) is 1.45. The topological polar surface area (TPSA) is 115 Å². The van der Waals surface area contributed by atoms with Gasteiger partial charge in [0.15, 0.2) is 0 Å². The molecule has 1 aliphatic heterocycles. The number of rotatable bonds is 5. The fourth-order valence-electron chi connectivity index (χ4n) is 3.43. The zero-order valence-electron chi connectivity index (χ0n) is 16.5. The van der Waals surface area contributed by atoms with Crippen LogP contribution in [0.2, 0.25) is 0 Å². The second-order valence-corrected chi connectivity index (χ2v) is 6.59. The molecular weight excluding hydrogens is 376 g/mol. The van der Waals surface area contributed by atoms with Gasteiger partial charge in [0.05, 0.1) is 31.3 Å². The van der Waals surface area contributed by atoms with Crippen LogP contribution in [0.4, 0.5) is 4.79 Å². The minimum atomic E-state index is -0.699. The van der Waals surface area contributed by atoms with Crippen LogP contribution in [0, 0.1) is 0 Å². The molecule has 1 aromatic carbocycles. The van der Waals surface area contributed by atoms with E-state index >= 15 is 0 Å². The Morgan fingerprint density at radius 2 is 1.76 bits per heavy atom. The summed E-state index contributed by atoms with van der Waals surface area (Å²) in [5.41, 5.74) is 6.59. The summed E-state index contributed by atoms with van der Waals surface area (Å²) >= 11 is 0. The molecule has 1 aliphatic rings. The average Bonchev–Trinajstić information content (AvgIpc) is 2.72. The predicted octanol–water partition coefficient (Wildman–Crippen LogP) is 1.19. The molecule has 9 heteroatoms. The first-order valence-electron chi connectivity index (χ1n) is 9.41. The van der Waals surface area contributed by atoms with E-state index in [1.807, 2.05) is 12.1 Å². The number of ether oxygens (including phenoxy) is 2. The highest BCUT2D eigenvalue weighted by Gasteiger charge is 2.27. The third-order valence-corrected chi connectivity index (χ3v) is 4.85. The highest BCUT2D eigenvalue weighted by Crippen LogP contribution is 2.31. The third-order valence-electron chi connectivity index (χ3n) is 4.85. The van der Waals surface area contributed by atoms with Gasteiger partial charge in [-0.3, -0.25) is 14.6 Å². The van der Waals surface area contributed by atoms with E-state index in [0.29, 0.717) is 49.4 Å². The van der Waals surface area contributed by atoms with Crippen LogP contribution in [-0.4, -0.2) is 72.6 Å². The Morgan fingerprint density at radius 3 is 2.38 bits per heavy atom. The van der Waals surface area contributed by atoms with Gasteiger partial charge in [-0.25, -0.2) is 4.79 Å². The van der Waals surface area contributed by atoms with Gasteiger partial charge in [0, 0.05) is 31.6 Å². The number of para-hydroxylation sites is 1. The van der Waals surface area contributed by atoms with Gasteiger partial charge in [0.25, 0.3) is 5.91 Å². The fraction of sp³-hybridized carbons (Fsp3) is 0.400. The van der Waals surface area contributed by atoms with Crippen molar-refractivity contribution < 1.29 is 23.9 Å². The van der Waals surface area contributed by atoms with Crippen LogP contribution < -0.4 is 10.5 Å². The second-order valence-electron chi connectivity index (χ2n) is 6.59. The predicted molar refractivity (Wildman–Crippen MR) is 106 cm³/mol. The zero-order chi connectivity index (χ0) is 21.0. The first-order valence-corrected chi connectivity index (χ1v) is 9.41. The lowest BCUT2D eigenvalue weighted by Gasteiger charge is -2.34. The molecule has 0 spiro atoms. The summed E-state index contributed by atoms with van der Waals surface area (Å²) < 4.78 is 10.4. The van der Waals surface area contributed by atoms with E-state index in [0.717, 1.165) is 0 Å². The summed E-state index contributed by atoms with van der Waals surface area (Å²) in [6.45, 7) is 3.61. The monoisotopic (exact) mass is 400 g/mol. The molecule has 0 unspecified atom stereocenters. The van der Waals surface area contributed by atoms with E-state index in [4.69, 9.17) is 15.2 Å². The molecule has 9 nitrogen and oxygen atoms in total. The third kappa shape index (κ3) is 4.23. The first-order chi connectivity index (χ1) is 14.0. The molecule has 3 amide bonds. The lowest BCUT2D eigenvalue weighted by atomic mass is 10.0. The van der Waals surface area contributed by atoms with E-state index < -0.39 is 5.91 Å². The summed E-state index contributed by atoms with van der Waals surface area (Å²) in [5, 5.41) is 0.656. The maximum Gasteiger partial charge on any atom is 0.409 e. The van der Waals surface area contributed by atoms with Crippen molar-refractivity contribution in [2.45, 2.75) is 13.3 Å². The molecule has 29 heavy (non-hydrogen) atoms. The standard InChI is InChI=1S/C20H24N4O5/c1-3-29-20(27)24-10-8-23(9-11-24)16(25)12-15-17(19(21)26)18(28-2)13-6-4-5-7-14(13)22-15/h4-7H,3,8-12H2,1-2H3,(H2,21,26). The summed E-state index contributed by atoms with van der Waals surface area (Å²) in [6.07, 6.45) is -0.463. The number of methoxy groups -OCH3 is 1. The lowest BCUT2D eigenvalue weighted by molar-refractivity contribution is -0.132. The molecule has 1 saturated heterocycles. The summed E-state index contributed by atoms with van der Waals surface area (Å²) in [5.74, 6) is -0.575. The van der Waals surface area contributed by atoms with Gasteiger partial charge in [0.1, 0.15) is 11.3 Å². The van der Waals surface area contributed by atoms with E-state index in [9.17, 15) is 14.4 Å². The normalized spacial score (nSPS) is 14.0. The van der Waals surface area contributed by atoms with E-state index in [2.05, 4.69) is 4.98 Å². The van der Waals surface area contributed by atoms with E-state index in [1.165, 1.54) is 7.11 Å². The molecule has 3 rings (SSSR count). The van der Waals surface area contributed by atoms with Crippen molar-refractivity contribution in [2.75, 3.05) is 39.9 Å². The first kappa shape index (κ1) is 20.4. The maximum atomic E-state index is 12.8. The number of benzene rings is 1. The Balaban J connectivity index is 1.81. The summed E-state index contributed by atoms with van der Waals surface area (Å²) in [6, 6.07) is 7.20. The van der Waals surface area contributed by atoms with Crippen molar-refractivity contribution >= 4 is 28.8 Å². The Labute approximate surface area is 168 Å². The largest absolute Gasteiger partial charge is 0.495 e. The van der Waals surface area contributed by atoms with Crippen LogP contribution >= 0.6 is 0 Å². The second kappa shape index (κ2) is 8.76. The number of pyridine rings is 1. The molecule has 2 N–H and O–H groups in total. The number of nitrogens with zero attached hydrogens (tertiary/aromatic N) is 3. The number of piperazine rings is 1. The van der Waals surface area contributed by atoms with Gasteiger partial charge < -0.3 is 25.0 Å². The zero-order valence-corrected chi connectivity index (χ0v) is 16.5. The fourth-order valence-corrected chi connectivity index (χ4v) is 3.43. The van der Waals surface area contributed by atoms with Crippen molar-refractivity contribution in [2.24, 2.45) is 5.73 Å². The van der Waals surface area contributed by atoms with Crippen LogP contribution in [0.25, 0.3) is 10.9 Å². The van der Waals surface area contributed by atoms with Crippen molar-refractivity contribution in [1.29, 1.82) is 0 Å². The number of aromatic nitrogens is 1. The smallest absolute Gasteiger partial charge is 0.409 e. The number of amides is 3. The minimum absolute atomic E-state index is 0.0845. The Morgan fingerprint density at radius 1 is 1.10 bits per heavy atom. The Kier molecular flexibility index (Phi) is 6.16. The highest BCUT2D eigenvalue weighted by molar-refractivity contribution is 6.03. The number of nitrogens with two attached hydrogens (primary N) is 1. The van der Waals surface area contributed by atoms with Crippen LogP contribution in [-0.2, 0) is 16.0 Å². The van der Waals surface area contributed by atoms with E-state index in [1.54, 1.807) is 28.9 Å². The molecule has 0 radical (unpaired) electrons. The molecule has 0 atom stereocenters. The number of carbonyl (C=O) groups excluding carboxylic acids is 3. The van der Waals surface area contributed by atoms with Crippen molar-refractivity contribution in [3.05, 3.63) is 35.5 Å². The van der Waals surface area contributed by atoms with Crippen LogP contribution in [0.15, 0.2) is 24.3 Å². The van der Waals surface area contributed by atoms with Crippen molar-refractivity contribution in [1.82, 2.24) is 14.8 Å². The number of hydrogen-bond acceptors (Lipinski definition) is 6. The molecule has 2 heterocycles. The molecule has 1 fully saturated rings. The van der Waals surface area contributed by atoms with Gasteiger partial charge in [-0.2, -0.15) is 0 Å². The number of hydrogen-bond donors (Lipinski definition) is 1. The molecule has 154 valence electrons. The molecule has 1 aromatic heterocycles. The highest BCUT2D eigenvalue weighted by atomic mass is 16.6. The summed E-state index contributed by atoms with van der Waals surface area (Å²) in [4.78, 5) is 44.5. The van der Waals surface area contributed by atoms with Crippen molar-refractivity contribution in [3.8, 4) is 5.75 Å². The Bertz CT molecular complexity index is 938. The average molecular weight is 400 g/mol. The Hall–Kier alpha value is -3.36. The molecule has 0 bridgehead atoms. The van der Waals surface area contributed by atoms with Crippen LogP contribution in [0.3, 0.4) is 0 Å². The molecule has 0 aliphatic carbocycles. The molecule has 2 aromatic rings. The van der Waals surface area contributed by atoms with Crippen LogP contribution in [0.5, 0.6) is 5.75 Å². The minimum Gasteiger partial charge on any atom is -0.495 e. The number of carbonyl (C=O) groups is 3. The lowest BCUT2D eigenvalue weighted by Crippen LogP contribution is -2.51. The maximum absolute atomic E-state index is 12.8. The van der Waals surface area contributed by atoms with Crippen LogP contribution in [0.1, 0.15) is 23.0 Å². The van der Waals surface area contributed by atoms with Crippen molar-refractivity contribution in [3.63, 3.8) is 0 Å². The SMILES string of the molecule is CCOC(=O)N1CCN(C(=O)Cc2nc3ccccc3c(OC)c2C(N)=O)CC1. The van der Waals surface area contributed by atoms with E-state index in [-0.39, 0.29) is 29.7 Å². The molecule has 0 saturated carbocycles. The van der Waals surface area contributed by atoms with Gasteiger partial charge in [-0.05, 0) is 19.1 Å². The quantitative estimate of drug-likeness (QED) is 0.806. The van der Waals surface area contributed by atoms with Gasteiger partial charge >= 0.3 is 6.09 Å².